The lowest BCUT2D eigenvalue weighted by Gasteiger charge is -2.27. The van der Waals surface area contributed by atoms with Gasteiger partial charge < -0.3 is 11.1 Å². The molecule has 0 unspecified atom stereocenters. The Balaban J connectivity index is 1.84. The van der Waals surface area contributed by atoms with Crippen LogP contribution in [0.5, 0.6) is 0 Å². The first-order valence-corrected chi connectivity index (χ1v) is 6.70. The summed E-state index contributed by atoms with van der Waals surface area (Å²) in [6, 6.07) is 4.16. The second-order valence-corrected chi connectivity index (χ2v) is 4.93. The molecule has 1 atom stereocenters. The van der Waals surface area contributed by atoms with E-state index in [2.05, 4.69) is 25.3 Å². The van der Waals surface area contributed by atoms with Crippen molar-refractivity contribution in [2.24, 2.45) is 10.7 Å². The van der Waals surface area contributed by atoms with Crippen molar-refractivity contribution in [2.45, 2.75) is 12.5 Å². The Morgan fingerprint density at radius 3 is 3.09 bits per heavy atom. The van der Waals surface area contributed by atoms with Crippen LogP contribution in [0, 0.1) is 5.82 Å². The summed E-state index contributed by atoms with van der Waals surface area (Å²) in [5.74, 6) is -0.868. The van der Waals surface area contributed by atoms with Crippen molar-refractivity contribution >= 4 is 17.6 Å². The van der Waals surface area contributed by atoms with E-state index >= 15 is 0 Å². The van der Waals surface area contributed by atoms with Crippen molar-refractivity contribution in [2.75, 3.05) is 11.9 Å². The van der Waals surface area contributed by atoms with Gasteiger partial charge in [-0.1, -0.05) is 6.07 Å². The number of halogens is 1. The van der Waals surface area contributed by atoms with Gasteiger partial charge in [-0.15, -0.1) is 0 Å². The maximum atomic E-state index is 13.3. The average Bonchev–Trinajstić information content (AvgIpc) is 2.97. The molecule has 1 aliphatic carbocycles. The summed E-state index contributed by atoms with van der Waals surface area (Å²) in [5.41, 5.74) is 8.76. The molecular weight excluding hydrogens is 307 g/mol. The topological polar surface area (TPSA) is 139 Å². The predicted octanol–water partition coefficient (Wildman–Crippen LogP) is 0.129. The zero-order valence-electron chi connectivity index (χ0n) is 11.8. The number of hydrogen-bond acceptors (Lipinski definition) is 7. The molecule has 1 amide bonds. The fourth-order valence-corrected chi connectivity index (χ4v) is 2.29. The number of carbonyl (C=O) groups is 1. The number of nitrogens with one attached hydrogen (secondary N) is 2. The number of hydrogen-bond donors (Lipinski definition) is 4. The number of rotatable bonds is 5. The van der Waals surface area contributed by atoms with Gasteiger partial charge in [0.05, 0.1) is 12.6 Å². The lowest BCUT2D eigenvalue weighted by molar-refractivity contribution is -0.116. The van der Waals surface area contributed by atoms with Crippen molar-refractivity contribution in [1.82, 2.24) is 15.8 Å². The van der Waals surface area contributed by atoms with E-state index in [0.29, 0.717) is 6.42 Å². The van der Waals surface area contributed by atoms with Crippen LogP contribution in [0.3, 0.4) is 0 Å². The van der Waals surface area contributed by atoms with E-state index in [1.54, 1.807) is 6.07 Å². The molecule has 1 aromatic heterocycles. The standard InChI is InChI=1S/C13H13FN6O3/c14-7-2-1-6-3-9(8(6)4-7)17-13(18-22)11-12(20-23-19-11)16-5-10(15)21/h1-2,4,9,22H,3,5H2,(H2,15,21)(H,16,20)(H,17,18)/t9-/m1/s1. The van der Waals surface area contributed by atoms with Gasteiger partial charge in [-0.3, -0.25) is 20.5 Å². The highest BCUT2D eigenvalue weighted by Gasteiger charge is 2.28. The number of amidine groups is 1. The molecule has 0 bridgehead atoms. The highest BCUT2D eigenvalue weighted by atomic mass is 19.1. The molecule has 0 radical (unpaired) electrons. The minimum absolute atomic E-state index is 0.0156. The fourth-order valence-electron chi connectivity index (χ4n) is 2.29. The summed E-state index contributed by atoms with van der Waals surface area (Å²) in [6.45, 7) is -0.183. The van der Waals surface area contributed by atoms with Gasteiger partial charge in [0, 0.05) is 0 Å². The van der Waals surface area contributed by atoms with Crippen molar-refractivity contribution in [3.63, 3.8) is 0 Å². The molecule has 10 heteroatoms. The minimum Gasteiger partial charge on any atom is -0.368 e. The van der Waals surface area contributed by atoms with Crippen molar-refractivity contribution in [1.29, 1.82) is 0 Å². The molecule has 1 heterocycles. The van der Waals surface area contributed by atoms with Crippen LogP contribution in [0.25, 0.3) is 0 Å². The van der Waals surface area contributed by atoms with Gasteiger partial charge in [0.25, 0.3) is 0 Å². The average molecular weight is 320 g/mol. The second-order valence-electron chi connectivity index (χ2n) is 4.93. The molecule has 0 saturated heterocycles. The van der Waals surface area contributed by atoms with E-state index < -0.39 is 5.91 Å². The molecule has 1 aromatic carbocycles. The molecule has 9 nitrogen and oxygen atoms in total. The third kappa shape index (κ3) is 2.97. The number of hydroxylamine groups is 1. The SMILES string of the molecule is NC(=O)CNc1nonc1C(=N[C@@H]1Cc2ccc(F)cc21)NO. The number of primary amides is 1. The molecular formula is C13H13FN6O3. The van der Waals surface area contributed by atoms with Gasteiger partial charge in [-0.05, 0) is 40.0 Å². The first-order chi connectivity index (χ1) is 11.1. The second kappa shape index (κ2) is 6.01. The van der Waals surface area contributed by atoms with Gasteiger partial charge in [0.1, 0.15) is 5.82 Å². The summed E-state index contributed by atoms with van der Waals surface area (Å²) in [4.78, 5) is 15.1. The summed E-state index contributed by atoms with van der Waals surface area (Å²) < 4.78 is 17.9. The third-order valence-corrected chi connectivity index (χ3v) is 3.41. The van der Waals surface area contributed by atoms with Crippen LogP contribution in [0.4, 0.5) is 10.2 Å². The Kier molecular flexibility index (Phi) is 3.89. The van der Waals surface area contributed by atoms with Gasteiger partial charge in [-0.25, -0.2) is 9.02 Å². The predicted molar refractivity (Wildman–Crippen MR) is 76.3 cm³/mol. The number of carbonyl (C=O) groups excluding carboxylic acids is 1. The molecule has 1 aliphatic rings. The zero-order valence-corrected chi connectivity index (χ0v) is 11.8. The summed E-state index contributed by atoms with van der Waals surface area (Å²) in [6.07, 6.45) is 0.607. The molecule has 120 valence electrons. The Morgan fingerprint density at radius 1 is 1.52 bits per heavy atom. The quantitative estimate of drug-likeness (QED) is 0.349. The van der Waals surface area contributed by atoms with Gasteiger partial charge >= 0.3 is 0 Å². The van der Waals surface area contributed by atoms with E-state index in [0.717, 1.165) is 11.1 Å². The van der Waals surface area contributed by atoms with Crippen LogP contribution in [-0.4, -0.2) is 33.8 Å². The Hall–Kier alpha value is -3.01. The lowest BCUT2D eigenvalue weighted by Crippen LogP contribution is -2.27. The van der Waals surface area contributed by atoms with Crippen LogP contribution < -0.4 is 16.5 Å². The monoisotopic (exact) mass is 320 g/mol. The highest BCUT2D eigenvalue weighted by Crippen LogP contribution is 2.36. The smallest absolute Gasteiger partial charge is 0.236 e. The number of anilines is 1. The molecule has 0 saturated carbocycles. The van der Waals surface area contributed by atoms with E-state index in [-0.39, 0.29) is 35.8 Å². The van der Waals surface area contributed by atoms with Crippen molar-refractivity contribution in [3.05, 3.63) is 40.8 Å². The van der Waals surface area contributed by atoms with Crippen molar-refractivity contribution < 1.29 is 19.0 Å². The maximum absolute atomic E-state index is 13.3. The summed E-state index contributed by atoms with van der Waals surface area (Å²) in [7, 11) is 0. The Morgan fingerprint density at radius 2 is 2.35 bits per heavy atom. The number of aromatic nitrogens is 2. The first kappa shape index (κ1) is 14.9. The molecule has 0 aliphatic heterocycles. The van der Waals surface area contributed by atoms with Crippen LogP contribution >= 0.6 is 0 Å². The Labute approximate surface area is 129 Å². The minimum atomic E-state index is -0.599. The molecule has 2 aromatic rings. The molecule has 0 spiro atoms. The van der Waals surface area contributed by atoms with Crippen LogP contribution in [0.1, 0.15) is 22.9 Å². The molecule has 3 rings (SSSR count). The van der Waals surface area contributed by atoms with Crippen molar-refractivity contribution in [3.8, 4) is 0 Å². The number of amides is 1. The number of fused-ring (bicyclic) bond motifs is 1. The summed E-state index contributed by atoms with van der Waals surface area (Å²) in [5, 5.41) is 19.1. The maximum Gasteiger partial charge on any atom is 0.236 e. The molecule has 5 N–H and O–H groups in total. The van der Waals surface area contributed by atoms with Crippen LogP contribution in [0.2, 0.25) is 0 Å². The normalized spacial score (nSPS) is 16.4. The number of nitrogens with zero attached hydrogens (tertiary/aromatic N) is 3. The number of benzene rings is 1. The van der Waals surface area contributed by atoms with Crippen LogP contribution in [0.15, 0.2) is 27.8 Å². The van der Waals surface area contributed by atoms with E-state index in [1.807, 2.05) is 5.48 Å². The fraction of sp³-hybridized carbons (Fsp3) is 0.231. The number of nitrogens with two attached hydrogens (primary N) is 1. The van der Waals surface area contributed by atoms with E-state index in [9.17, 15) is 14.4 Å². The van der Waals surface area contributed by atoms with Gasteiger partial charge in [0.15, 0.2) is 11.5 Å². The largest absolute Gasteiger partial charge is 0.368 e. The van der Waals surface area contributed by atoms with Crippen LogP contribution in [-0.2, 0) is 11.2 Å². The van der Waals surface area contributed by atoms with E-state index in [1.165, 1.54) is 12.1 Å². The van der Waals surface area contributed by atoms with Gasteiger partial charge in [0.2, 0.25) is 11.7 Å². The zero-order chi connectivity index (χ0) is 16.4. The molecule has 0 fully saturated rings. The lowest BCUT2D eigenvalue weighted by atomic mass is 9.83. The Bertz CT molecular complexity index is 775. The van der Waals surface area contributed by atoms with Gasteiger partial charge in [-0.2, -0.15) is 0 Å². The highest BCUT2D eigenvalue weighted by molar-refractivity contribution is 6.00. The summed E-state index contributed by atoms with van der Waals surface area (Å²) >= 11 is 0. The molecule has 23 heavy (non-hydrogen) atoms. The van der Waals surface area contributed by atoms with E-state index in [4.69, 9.17) is 5.73 Å². The first-order valence-electron chi connectivity index (χ1n) is 6.70. The third-order valence-electron chi connectivity index (χ3n) is 3.41. The number of aliphatic imine (C=N–C) groups is 1.